The molecule has 0 radical (unpaired) electrons. The molecule has 2 fully saturated rings. The van der Waals surface area contributed by atoms with E-state index in [0.717, 1.165) is 4.31 Å². The molecule has 25 heavy (non-hydrogen) atoms. The Bertz CT molecular complexity index is 801. The Morgan fingerprint density at radius 2 is 2.20 bits per heavy atom. The first-order valence-electron chi connectivity index (χ1n) is 7.71. The summed E-state index contributed by atoms with van der Waals surface area (Å²) in [4.78, 5) is 0. The van der Waals surface area contributed by atoms with Gasteiger partial charge in [0, 0.05) is 26.1 Å². The summed E-state index contributed by atoms with van der Waals surface area (Å²) in [5, 5.41) is 12.4. The Morgan fingerprint density at radius 3 is 2.84 bits per heavy atom. The third-order valence-electron chi connectivity index (χ3n) is 4.84. The van der Waals surface area contributed by atoms with Crippen LogP contribution in [-0.2, 0) is 25.0 Å². The fourth-order valence-corrected chi connectivity index (χ4v) is 5.46. The van der Waals surface area contributed by atoms with Crippen molar-refractivity contribution in [2.45, 2.75) is 23.0 Å². The monoisotopic (exact) mass is 372 g/mol. The Labute approximate surface area is 146 Å². The van der Waals surface area contributed by atoms with Gasteiger partial charge in [-0.05, 0) is 6.07 Å². The smallest absolute Gasteiger partial charge is 0.241 e. The molecule has 2 saturated heterocycles. The molecule has 3 rings (SSSR count). The van der Waals surface area contributed by atoms with Crippen LogP contribution in [-0.4, -0.2) is 56.2 Å². The lowest BCUT2D eigenvalue weighted by Crippen LogP contribution is -2.70. The number of hydrogen-bond acceptors (Lipinski definition) is 6. The number of hydrogen-bond donors (Lipinski definition) is 2. The summed E-state index contributed by atoms with van der Waals surface area (Å²) in [5.41, 5.74) is -1.24. The molecule has 2 heterocycles. The van der Waals surface area contributed by atoms with Gasteiger partial charge in [-0.15, -0.1) is 0 Å². The molecule has 0 spiro atoms. The predicted octanol–water partition coefficient (Wildman–Crippen LogP) is 0.481. The predicted molar refractivity (Wildman–Crippen MR) is 88.2 cm³/mol. The number of benzene rings is 1. The minimum atomic E-state index is -3.92. The van der Waals surface area contributed by atoms with E-state index in [-0.39, 0.29) is 31.0 Å². The Hall–Kier alpha value is -1.68. The standard InChI is InChI=1S/C16H21FN2O5S/c1-11-18-16(12-6-4-5-7-13(12)17)10-24-15(20,9-23-3)8-14(16)25(21,22)19(11)2/h4-7,14,18,20H,1,8-10H2,2-3H3/t14-,15?,16-/m1/s1. The zero-order valence-corrected chi connectivity index (χ0v) is 14.8. The zero-order chi connectivity index (χ0) is 18.5. The van der Waals surface area contributed by atoms with Crippen LogP contribution < -0.4 is 5.32 Å². The van der Waals surface area contributed by atoms with E-state index in [4.69, 9.17) is 9.47 Å². The maximum absolute atomic E-state index is 14.5. The molecule has 2 aliphatic rings. The van der Waals surface area contributed by atoms with Crippen LogP contribution in [0.2, 0.25) is 0 Å². The highest BCUT2D eigenvalue weighted by Gasteiger charge is 2.60. The first-order chi connectivity index (χ1) is 11.7. The second-order valence-corrected chi connectivity index (χ2v) is 8.54. The third kappa shape index (κ3) is 2.71. The average Bonchev–Trinajstić information content (AvgIpc) is 2.55. The number of sulfonamides is 1. The van der Waals surface area contributed by atoms with Gasteiger partial charge in [0.25, 0.3) is 0 Å². The molecule has 0 amide bonds. The van der Waals surface area contributed by atoms with E-state index >= 15 is 0 Å². The summed E-state index contributed by atoms with van der Waals surface area (Å²) in [6, 6.07) is 5.91. The van der Waals surface area contributed by atoms with E-state index < -0.39 is 32.4 Å². The van der Waals surface area contributed by atoms with Crippen molar-refractivity contribution in [3.63, 3.8) is 0 Å². The van der Waals surface area contributed by atoms with Gasteiger partial charge in [-0.3, -0.25) is 4.31 Å². The largest absolute Gasteiger partial charge is 0.379 e. The normalized spacial score (nSPS) is 34.3. The van der Waals surface area contributed by atoms with E-state index in [2.05, 4.69) is 11.9 Å². The Balaban J connectivity index is 2.17. The van der Waals surface area contributed by atoms with Gasteiger partial charge in [-0.25, -0.2) is 12.8 Å². The lowest BCUT2D eigenvalue weighted by Gasteiger charge is -2.54. The molecule has 0 aromatic heterocycles. The minimum Gasteiger partial charge on any atom is -0.379 e. The molecule has 1 unspecified atom stereocenters. The number of fused-ring (bicyclic) bond motifs is 1. The lowest BCUT2D eigenvalue weighted by molar-refractivity contribution is -0.263. The fourth-order valence-electron chi connectivity index (χ4n) is 3.49. The molecule has 7 nitrogen and oxygen atoms in total. The quantitative estimate of drug-likeness (QED) is 0.803. The first kappa shape index (κ1) is 18.1. The summed E-state index contributed by atoms with van der Waals surface area (Å²) >= 11 is 0. The number of nitrogens with one attached hydrogen (secondary N) is 1. The molecular formula is C16H21FN2O5S. The molecule has 0 saturated carbocycles. The van der Waals surface area contributed by atoms with Gasteiger partial charge in [0.2, 0.25) is 10.0 Å². The molecule has 1 aromatic rings. The second kappa shape index (κ2) is 5.94. The number of nitrogens with zero attached hydrogens (tertiary/aromatic N) is 1. The average molecular weight is 372 g/mol. The highest BCUT2D eigenvalue weighted by Crippen LogP contribution is 2.45. The number of methoxy groups -OCH3 is 1. The van der Waals surface area contributed by atoms with Crippen LogP contribution >= 0.6 is 0 Å². The van der Waals surface area contributed by atoms with Gasteiger partial charge in [-0.1, -0.05) is 24.8 Å². The van der Waals surface area contributed by atoms with Crippen LogP contribution in [0.1, 0.15) is 12.0 Å². The van der Waals surface area contributed by atoms with Gasteiger partial charge in [-0.2, -0.15) is 0 Å². The van der Waals surface area contributed by atoms with Crippen LogP contribution in [0.25, 0.3) is 0 Å². The molecule has 3 atom stereocenters. The fraction of sp³-hybridized carbons (Fsp3) is 0.500. The van der Waals surface area contributed by atoms with E-state index in [1.54, 1.807) is 6.07 Å². The van der Waals surface area contributed by atoms with E-state index in [1.807, 2.05) is 0 Å². The van der Waals surface area contributed by atoms with Crippen molar-refractivity contribution in [2.24, 2.45) is 0 Å². The summed E-state index contributed by atoms with van der Waals surface area (Å²) in [5.74, 6) is -2.23. The topological polar surface area (TPSA) is 88.1 Å². The highest BCUT2D eigenvalue weighted by molar-refractivity contribution is 7.90. The van der Waals surface area contributed by atoms with Crippen molar-refractivity contribution >= 4 is 10.0 Å². The van der Waals surface area contributed by atoms with Gasteiger partial charge < -0.3 is 19.9 Å². The molecule has 1 aromatic carbocycles. The number of halogens is 1. The van der Waals surface area contributed by atoms with E-state index in [9.17, 15) is 17.9 Å². The maximum Gasteiger partial charge on any atom is 0.241 e. The summed E-state index contributed by atoms with van der Waals surface area (Å²) in [7, 11) is -1.18. The van der Waals surface area contributed by atoms with Gasteiger partial charge in [0.15, 0.2) is 5.79 Å². The van der Waals surface area contributed by atoms with Crippen molar-refractivity contribution in [1.82, 2.24) is 9.62 Å². The van der Waals surface area contributed by atoms with Crippen molar-refractivity contribution in [1.29, 1.82) is 0 Å². The minimum absolute atomic E-state index is 0.111. The summed E-state index contributed by atoms with van der Waals surface area (Å²) in [6.07, 6.45) is -0.276. The van der Waals surface area contributed by atoms with Crippen LogP contribution in [0.15, 0.2) is 36.7 Å². The highest BCUT2D eigenvalue weighted by atomic mass is 32.2. The van der Waals surface area contributed by atoms with Crippen molar-refractivity contribution < 1.29 is 27.4 Å². The summed E-state index contributed by atoms with van der Waals surface area (Å²) in [6.45, 7) is 3.27. The van der Waals surface area contributed by atoms with Crippen molar-refractivity contribution in [3.8, 4) is 0 Å². The van der Waals surface area contributed by atoms with Crippen LogP contribution in [0, 0.1) is 5.82 Å². The van der Waals surface area contributed by atoms with Crippen LogP contribution in [0.3, 0.4) is 0 Å². The van der Waals surface area contributed by atoms with Crippen LogP contribution in [0.5, 0.6) is 0 Å². The van der Waals surface area contributed by atoms with Crippen molar-refractivity contribution in [2.75, 3.05) is 27.4 Å². The lowest BCUT2D eigenvalue weighted by atomic mass is 9.81. The van der Waals surface area contributed by atoms with Gasteiger partial charge in [0.05, 0.1) is 6.61 Å². The molecule has 138 valence electrons. The van der Waals surface area contributed by atoms with Gasteiger partial charge >= 0.3 is 0 Å². The third-order valence-corrected chi connectivity index (χ3v) is 7.11. The number of aliphatic hydroxyl groups is 1. The molecular weight excluding hydrogens is 351 g/mol. The second-order valence-electron chi connectivity index (χ2n) is 6.40. The number of ether oxygens (including phenoxy) is 2. The zero-order valence-electron chi connectivity index (χ0n) is 14.0. The van der Waals surface area contributed by atoms with Gasteiger partial charge in [0.1, 0.15) is 29.0 Å². The SMILES string of the molecule is C=C1N[C@@]2(c3ccccc3F)COC(O)(COC)C[C@H]2S(=O)(=O)N1C. The maximum atomic E-state index is 14.5. The van der Waals surface area contributed by atoms with E-state index in [1.165, 1.54) is 32.4 Å². The summed E-state index contributed by atoms with van der Waals surface area (Å²) < 4.78 is 52.1. The molecule has 9 heteroatoms. The molecule has 2 aliphatic heterocycles. The van der Waals surface area contributed by atoms with E-state index in [0.29, 0.717) is 0 Å². The Kier molecular flexibility index (Phi) is 4.31. The molecule has 2 N–H and O–H groups in total. The number of rotatable bonds is 3. The first-order valence-corrected chi connectivity index (χ1v) is 9.22. The Morgan fingerprint density at radius 1 is 1.52 bits per heavy atom. The van der Waals surface area contributed by atoms with Crippen molar-refractivity contribution in [3.05, 3.63) is 48.0 Å². The van der Waals surface area contributed by atoms with Crippen LogP contribution in [0.4, 0.5) is 4.39 Å². The molecule has 0 bridgehead atoms. The molecule has 0 aliphatic carbocycles.